The van der Waals surface area contributed by atoms with Crippen LogP contribution >= 0.6 is 0 Å². The maximum Gasteiger partial charge on any atom is 0.316 e. The highest BCUT2D eigenvalue weighted by Crippen LogP contribution is 2.21. The van der Waals surface area contributed by atoms with Gasteiger partial charge in [-0.3, -0.25) is 0 Å². The maximum atomic E-state index is 5.55. The summed E-state index contributed by atoms with van der Waals surface area (Å²) < 4.78 is 5.55. The van der Waals surface area contributed by atoms with Crippen molar-refractivity contribution in [1.82, 2.24) is 10.2 Å². The Labute approximate surface area is 101 Å². The molecule has 0 saturated heterocycles. The first-order chi connectivity index (χ1) is 7.94. The zero-order valence-corrected chi connectivity index (χ0v) is 10.6. The molecule has 1 N–H and O–H groups in total. The van der Waals surface area contributed by atoms with Crippen LogP contribution in [-0.2, 0) is 0 Å². The summed E-state index contributed by atoms with van der Waals surface area (Å²) in [6.45, 7) is 8.18. The van der Waals surface area contributed by atoms with Crippen LogP contribution in [0.15, 0.2) is 28.7 Å². The van der Waals surface area contributed by atoms with Crippen LogP contribution in [-0.4, -0.2) is 15.7 Å². The molecule has 90 valence electrons. The minimum atomic E-state index is -0.0862. The van der Waals surface area contributed by atoms with E-state index >= 15 is 0 Å². The van der Waals surface area contributed by atoms with Crippen molar-refractivity contribution in [2.45, 2.75) is 33.2 Å². The zero-order chi connectivity index (χ0) is 12.5. The van der Waals surface area contributed by atoms with E-state index in [0.29, 0.717) is 11.9 Å². The molecule has 0 saturated carbocycles. The van der Waals surface area contributed by atoms with Crippen molar-refractivity contribution in [3.05, 3.63) is 29.8 Å². The summed E-state index contributed by atoms with van der Waals surface area (Å²) in [7, 11) is 0. The first-order valence-corrected chi connectivity index (χ1v) is 5.63. The van der Waals surface area contributed by atoms with Gasteiger partial charge in [0.25, 0.3) is 0 Å². The van der Waals surface area contributed by atoms with Gasteiger partial charge < -0.3 is 9.73 Å². The molecule has 4 nitrogen and oxygen atoms in total. The standard InChI is InChI=1S/C13H17N3O/c1-9-5-7-10(8-6-9)11-15-16-12(17-11)14-13(2,3)4/h5-8H,1-4H3,(H,14,16). The number of nitrogens with zero attached hydrogens (tertiary/aromatic N) is 2. The van der Waals surface area contributed by atoms with Gasteiger partial charge in [0.2, 0.25) is 5.89 Å². The minimum absolute atomic E-state index is 0.0862. The molecule has 4 heteroatoms. The number of anilines is 1. The molecule has 1 aromatic heterocycles. The van der Waals surface area contributed by atoms with Gasteiger partial charge in [-0.2, -0.15) is 0 Å². The second kappa shape index (κ2) is 4.20. The second-order valence-electron chi connectivity index (χ2n) is 5.15. The van der Waals surface area contributed by atoms with Crippen molar-refractivity contribution in [2.24, 2.45) is 0 Å². The molecule has 0 amide bonds. The Kier molecular flexibility index (Phi) is 2.88. The number of hydrogen-bond acceptors (Lipinski definition) is 4. The van der Waals surface area contributed by atoms with Gasteiger partial charge >= 0.3 is 6.01 Å². The first-order valence-electron chi connectivity index (χ1n) is 5.63. The molecule has 2 aromatic rings. The van der Waals surface area contributed by atoms with Crippen LogP contribution in [0, 0.1) is 6.92 Å². The van der Waals surface area contributed by atoms with Crippen LogP contribution in [0.3, 0.4) is 0 Å². The highest BCUT2D eigenvalue weighted by molar-refractivity contribution is 5.53. The van der Waals surface area contributed by atoms with E-state index in [1.54, 1.807) is 0 Å². The highest BCUT2D eigenvalue weighted by atomic mass is 16.4. The number of nitrogens with one attached hydrogen (secondary N) is 1. The Morgan fingerprint density at radius 2 is 1.71 bits per heavy atom. The van der Waals surface area contributed by atoms with E-state index < -0.39 is 0 Å². The minimum Gasteiger partial charge on any atom is -0.403 e. The highest BCUT2D eigenvalue weighted by Gasteiger charge is 2.14. The van der Waals surface area contributed by atoms with Gasteiger partial charge in [-0.15, -0.1) is 5.10 Å². The van der Waals surface area contributed by atoms with Crippen molar-refractivity contribution < 1.29 is 4.42 Å². The smallest absolute Gasteiger partial charge is 0.316 e. The van der Waals surface area contributed by atoms with Crippen molar-refractivity contribution in [3.8, 4) is 11.5 Å². The molecule has 0 unspecified atom stereocenters. The average Bonchev–Trinajstić information content (AvgIpc) is 2.64. The molecule has 2 rings (SSSR count). The summed E-state index contributed by atoms with van der Waals surface area (Å²) in [6, 6.07) is 8.45. The SMILES string of the molecule is Cc1ccc(-c2nnc(NC(C)(C)C)o2)cc1. The molecule has 0 fully saturated rings. The predicted octanol–water partition coefficient (Wildman–Crippen LogP) is 3.26. The van der Waals surface area contributed by atoms with Crippen molar-refractivity contribution in [2.75, 3.05) is 5.32 Å². The van der Waals surface area contributed by atoms with E-state index in [0.717, 1.165) is 5.56 Å². The van der Waals surface area contributed by atoms with Gasteiger partial charge in [-0.05, 0) is 39.8 Å². The quantitative estimate of drug-likeness (QED) is 0.862. The van der Waals surface area contributed by atoms with E-state index in [2.05, 4.69) is 15.5 Å². The van der Waals surface area contributed by atoms with Gasteiger partial charge in [0.05, 0.1) is 0 Å². The fourth-order valence-corrected chi connectivity index (χ4v) is 1.41. The molecular formula is C13H17N3O. The summed E-state index contributed by atoms with van der Waals surface area (Å²) >= 11 is 0. The molecular weight excluding hydrogens is 214 g/mol. The summed E-state index contributed by atoms with van der Waals surface area (Å²) in [5.74, 6) is 0.539. The number of benzene rings is 1. The van der Waals surface area contributed by atoms with Crippen LogP contribution in [0.5, 0.6) is 0 Å². The number of aromatic nitrogens is 2. The first kappa shape index (κ1) is 11.6. The summed E-state index contributed by atoms with van der Waals surface area (Å²) in [5.41, 5.74) is 2.06. The topological polar surface area (TPSA) is 51.0 Å². The van der Waals surface area contributed by atoms with Crippen LogP contribution in [0.4, 0.5) is 6.01 Å². The monoisotopic (exact) mass is 231 g/mol. The summed E-state index contributed by atoms with van der Waals surface area (Å²) in [4.78, 5) is 0. The van der Waals surface area contributed by atoms with E-state index in [4.69, 9.17) is 4.42 Å². The molecule has 1 aromatic carbocycles. The lowest BCUT2D eigenvalue weighted by atomic mass is 10.1. The molecule has 0 aliphatic heterocycles. The number of aryl methyl sites for hydroxylation is 1. The third-order valence-corrected chi connectivity index (χ3v) is 2.21. The molecule has 1 heterocycles. The van der Waals surface area contributed by atoms with Crippen molar-refractivity contribution in [3.63, 3.8) is 0 Å². The van der Waals surface area contributed by atoms with Gasteiger partial charge in [0.1, 0.15) is 0 Å². The fraction of sp³-hybridized carbons (Fsp3) is 0.385. The maximum absolute atomic E-state index is 5.55. The van der Waals surface area contributed by atoms with Crippen molar-refractivity contribution >= 4 is 6.01 Å². The Bertz CT molecular complexity index is 494. The lowest BCUT2D eigenvalue weighted by Gasteiger charge is -2.17. The zero-order valence-electron chi connectivity index (χ0n) is 10.6. The molecule has 0 aliphatic rings. The number of hydrogen-bond donors (Lipinski definition) is 1. The Balaban J connectivity index is 2.21. The van der Waals surface area contributed by atoms with Crippen LogP contribution in [0.2, 0.25) is 0 Å². The van der Waals surface area contributed by atoms with Gasteiger partial charge in [0.15, 0.2) is 0 Å². The molecule has 0 bridgehead atoms. The van der Waals surface area contributed by atoms with E-state index in [9.17, 15) is 0 Å². The third kappa shape index (κ3) is 3.06. The van der Waals surface area contributed by atoms with E-state index in [1.807, 2.05) is 52.0 Å². The van der Waals surface area contributed by atoms with Crippen LogP contribution in [0.1, 0.15) is 26.3 Å². The molecule has 0 radical (unpaired) electrons. The van der Waals surface area contributed by atoms with Gasteiger partial charge in [-0.25, -0.2) is 0 Å². The number of rotatable bonds is 2. The Morgan fingerprint density at radius 3 is 2.29 bits per heavy atom. The largest absolute Gasteiger partial charge is 0.403 e. The summed E-state index contributed by atoms with van der Waals surface area (Å²) in [5, 5.41) is 11.1. The van der Waals surface area contributed by atoms with E-state index in [1.165, 1.54) is 5.56 Å². The van der Waals surface area contributed by atoms with Crippen LogP contribution < -0.4 is 5.32 Å². The van der Waals surface area contributed by atoms with Crippen LogP contribution in [0.25, 0.3) is 11.5 Å². The van der Waals surface area contributed by atoms with Gasteiger partial charge in [0, 0.05) is 11.1 Å². The fourth-order valence-electron chi connectivity index (χ4n) is 1.41. The third-order valence-electron chi connectivity index (χ3n) is 2.21. The average molecular weight is 231 g/mol. The van der Waals surface area contributed by atoms with Gasteiger partial charge in [-0.1, -0.05) is 22.8 Å². The molecule has 0 spiro atoms. The predicted molar refractivity (Wildman–Crippen MR) is 67.8 cm³/mol. The van der Waals surface area contributed by atoms with E-state index in [-0.39, 0.29) is 5.54 Å². The summed E-state index contributed by atoms with van der Waals surface area (Å²) in [6.07, 6.45) is 0. The molecule has 17 heavy (non-hydrogen) atoms. The second-order valence-corrected chi connectivity index (χ2v) is 5.15. The lowest BCUT2D eigenvalue weighted by Crippen LogP contribution is -2.26. The normalized spacial score (nSPS) is 11.5. The lowest BCUT2D eigenvalue weighted by molar-refractivity contribution is 0.538. The van der Waals surface area contributed by atoms with Crippen molar-refractivity contribution in [1.29, 1.82) is 0 Å². The Hall–Kier alpha value is -1.84. The molecule has 0 atom stereocenters. The Morgan fingerprint density at radius 1 is 1.06 bits per heavy atom. The molecule has 0 aliphatic carbocycles.